The van der Waals surface area contributed by atoms with Crippen LogP contribution in [0.4, 0.5) is 0 Å². The Balaban J connectivity index is 4.71. The monoisotopic (exact) mass is 191 g/mol. The molecule has 0 fully saturated rings. The van der Waals surface area contributed by atoms with Gasteiger partial charge in [0.25, 0.3) is 0 Å². The van der Waals surface area contributed by atoms with Gasteiger partial charge in [-0.15, -0.1) is 0 Å². The van der Waals surface area contributed by atoms with Crippen molar-refractivity contribution < 1.29 is 10.2 Å². The van der Waals surface area contributed by atoms with Gasteiger partial charge in [0.2, 0.25) is 0 Å². The van der Waals surface area contributed by atoms with E-state index in [4.69, 9.17) is 5.11 Å². The van der Waals surface area contributed by atoms with Crippen LogP contribution in [-0.4, -0.2) is 55.8 Å². The Morgan fingerprint density at radius 3 is 1.77 bits per heavy atom. The molecule has 5 heteroatoms. The summed E-state index contributed by atoms with van der Waals surface area (Å²) >= 11 is 0. The molecule has 5 nitrogen and oxygen atoms in total. The normalized spacial score (nSPS) is 17.1. The van der Waals surface area contributed by atoms with Crippen LogP contribution in [0.3, 0.4) is 0 Å². The van der Waals surface area contributed by atoms with Crippen molar-refractivity contribution in [3.63, 3.8) is 0 Å². The summed E-state index contributed by atoms with van der Waals surface area (Å²) in [5, 5.41) is 27.6. The van der Waals surface area contributed by atoms with Crippen molar-refractivity contribution in [2.75, 3.05) is 27.7 Å². The minimum absolute atomic E-state index is 0.0525. The van der Waals surface area contributed by atoms with E-state index in [-0.39, 0.29) is 12.6 Å². The van der Waals surface area contributed by atoms with Crippen molar-refractivity contribution in [3.05, 3.63) is 0 Å². The van der Waals surface area contributed by atoms with Crippen molar-refractivity contribution in [2.24, 2.45) is 0 Å². The summed E-state index contributed by atoms with van der Waals surface area (Å²) in [4.78, 5) is 0. The number of hydrogen-bond acceptors (Lipinski definition) is 5. The molecule has 0 aliphatic carbocycles. The Hall–Kier alpha value is -0.200. The molecule has 5 N–H and O–H groups in total. The topological polar surface area (TPSA) is 76.5 Å². The van der Waals surface area contributed by atoms with E-state index in [1.54, 1.807) is 28.1 Å². The first-order valence-corrected chi connectivity index (χ1v) is 4.43. The van der Waals surface area contributed by atoms with E-state index in [9.17, 15) is 5.11 Å². The molecular formula is C8H21N3O2. The van der Waals surface area contributed by atoms with E-state index in [1.807, 2.05) is 0 Å². The third-order valence-electron chi connectivity index (χ3n) is 2.57. The number of likely N-dealkylation sites (N-methyl/N-ethyl adjacent to an activating group) is 3. The Labute approximate surface area is 79.5 Å². The van der Waals surface area contributed by atoms with Gasteiger partial charge >= 0.3 is 0 Å². The average molecular weight is 191 g/mol. The van der Waals surface area contributed by atoms with Crippen LogP contribution in [0, 0.1) is 0 Å². The Kier molecular flexibility index (Phi) is 5.43. The second-order valence-electron chi connectivity index (χ2n) is 3.07. The van der Waals surface area contributed by atoms with Crippen LogP contribution in [0.1, 0.15) is 6.92 Å². The Morgan fingerprint density at radius 2 is 1.69 bits per heavy atom. The lowest BCUT2D eigenvalue weighted by molar-refractivity contribution is 0.0165. The second kappa shape index (κ2) is 5.51. The fraction of sp³-hybridized carbons (Fsp3) is 1.00. The SMILES string of the molecule is CNC(CO)C(NC)(NC)C(C)O. The van der Waals surface area contributed by atoms with E-state index >= 15 is 0 Å². The zero-order valence-electron chi connectivity index (χ0n) is 8.76. The van der Waals surface area contributed by atoms with Crippen molar-refractivity contribution in [1.82, 2.24) is 16.0 Å². The lowest BCUT2D eigenvalue weighted by atomic mass is 9.95. The van der Waals surface area contributed by atoms with E-state index in [0.717, 1.165) is 0 Å². The minimum atomic E-state index is -0.705. The molecule has 0 saturated carbocycles. The van der Waals surface area contributed by atoms with Gasteiger partial charge in [0.15, 0.2) is 0 Å². The lowest BCUT2D eigenvalue weighted by Gasteiger charge is -2.41. The summed E-state index contributed by atoms with van der Waals surface area (Å²) in [6.07, 6.45) is -0.618. The highest BCUT2D eigenvalue weighted by atomic mass is 16.3. The molecule has 13 heavy (non-hydrogen) atoms. The van der Waals surface area contributed by atoms with Crippen molar-refractivity contribution in [3.8, 4) is 0 Å². The maximum atomic E-state index is 9.62. The highest BCUT2D eigenvalue weighted by Gasteiger charge is 2.39. The molecule has 2 unspecified atom stereocenters. The van der Waals surface area contributed by atoms with Crippen LogP contribution < -0.4 is 16.0 Å². The summed E-state index contributed by atoms with van der Waals surface area (Å²) in [7, 11) is 5.22. The van der Waals surface area contributed by atoms with Crippen LogP contribution in [-0.2, 0) is 0 Å². The fourth-order valence-electron chi connectivity index (χ4n) is 1.65. The number of hydrogen-bond donors (Lipinski definition) is 5. The van der Waals surface area contributed by atoms with Gasteiger partial charge in [0, 0.05) is 0 Å². The summed E-state index contributed by atoms with van der Waals surface area (Å²) in [6, 6.07) is -0.248. The Bertz CT molecular complexity index is 133. The van der Waals surface area contributed by atoms with E-state index in [0.29, 0.717) is 0 Å². The van der Waals surface area contributed by atoms with Crippen LogP contribution in [0.15, 0.2) is 0 Å². The molecule has 0 spiro atoms. The molecule has 0 amide bonds. The zero-order chi connectivity index (χ0) is 10.5. The van der Waals surface area contributed by atoms with Gasteiger partial charge in [0.1, 0.15) is 5.66 Å². The molecular weight excluding hydrogens is 170 g/mol. The summed E-state index contributed by atoms with van der Waals surface area (Å²) in [6.45, 7) is 1.62. The standard InChI is InChI=1S/C8H21N3O2/c1-6(13)8(10-3,11-4)7(5-12)9-2/h6-7,9-13H,5H2,1-4H3. The largest absolute Gasteiger partial charge is 0.395 e. The number of aliphatic hydroxyl groups is 2. The first-order valence-electron chi connectivity index (χ1n) is 4.43. The van der Waals surface area contributed by atoms with Crippen LogP contribution in [0.5, 0.6) is 0 Å². The average Bonchev–Trinajstić information content (AvgIpc) is 2.13. The number of nitrogens with one attached hydrogen (secondary N) is 3. The van der Waals surface area contributed by atoms with E-state index in [1.165, 1.54) is 0 Å². The molecule has 0 aliphatic heterocycles. The van der Waals surface area contributed by atoms with Crippen molar-refractivity contribution >= 4 is 0 Å². The molecule has 2 atom stereocenters. The molecule has 0 saturated heterocycles. The van der Waals surface area contributed by atoms with Gasteiger partial charge < -0.3 is 15.5 Å². The van der Waals surface area contributed by atoms with Crippen LogP contribution in [0.2, 0.25) is 0 Å². The Morgan fingerprint density at radius 1 is 1.23 bits per heavy atom. The molecule has 0 heterocycles. The molecule has 0 aromatic carbocycles. The number of rotatable bonds is 6. The summed E-state index contributed by atoms with van der Waals surface area (Å²) < 4.78 is 0. The predicted molar refractivity (Wildman–Crippen MR) is 52.5 cm³/mol. The summed E-state index contributed by atoms with van der Waals surface area (Å²) in [5.74, 6) is 0. The summed E-state index contributed by atoms with van der Waals surface area (Å²) in [5.41, 5.74) is -0.705. The predicted octanol–water partition coefficient (Wildman–Crippen LogP) is -1.92. The smallest absolute Gasteiger partial charge is 0.113 e. The molecule has 0 aliphatic rings. The third-order valence-corrected chi connectivity index (χ3v) is 2.57. The molecule has 80 valence electrons. The quantitative estimate of drug-likeness (QED) is 0.317. The molecule has 0 rings (SSSR count). The highest BCUT2D eigenvalue weighted by Crippen LogP contribution is 2.11. The number of aliphatic hydroxyl groups excluding tert-OH is 2. The van der Waals surface area contributed by atoms with Crippen molar-refractivity contribution in [1.29, 1.82) is 0 Å². The highest BCUT2D eigenvalue weighted by molar-refractivity contribution is 4.98. The fourth-order valence-corrected chi connectivity index (χ4v) is 1.65. The molecule has 0 radical (unpaired) electrons. The van der Waals surface area contributed by atoms with Crippen LogP contribution >= 0.6 is 0 Å². The third kappa shape index (κ3) is 2.38. The minimum Gasteiger partial charge on any atom is -0.395 e. The second-order valence-corrected chi connectivity index (χ2v) is 3.07. The maximum absolute atomic E-state index is 9.62. The van der Waals surface area contributed by atoms with E-state index < -0.39 is 11.8 Å². The zero-order valence-corrected chi connectivity index (χ0v) is 8.76. The first-order chi connectivity index (χ1) is 6.08. The van der Waals surface area contributed by atoms with Gasteiger partial charge in [-0.05, 0) is 28.1 Å². The van der Waals surface area contributed by atoms with Crippen LogP contribution in [0.25, 0.3) is 0 Å². The molecule has 0 bridgehead atoms. The molecule has 0 aromatic rings. The first kappa shape index (κ1) is 12.8. The molecule has 0 aromatic heterocycles. The van der Waals surface area contributed by atoms with Gasteiger partial charge in [-0.2, -0.15) is 0 Å². The van der Waals surface area contributed by atoms with Gasteiger partial charge in [-0.25, -0.2) is 0 Å². The lowest BCUT2D eigenvalue weighted by Crippen LogP contribution is -2.72. The van der Waals surface area contributed by atoms with Gasteiger partial charge in [-0.3, -0.25) is 10.6 Å². The van der Waals surface area contributed by atoms with E-state index in [2.05, 4.69) is 16.0 Å². The maximum Gasteiger partial charge on any atom is 0.113 e. The van der Waals surface area contributed by atoms with Gasteiger partial charge in [0.05, 0.1) is 18.8 Å². The van der Waals surface area contributed by atoms with Crippen molar-refractivity contribution in [2.45, 2.75) is 24.7 Å². The van der Waals surface area contributed by atoms with Gasteiger partial charge in [-0.1, -0.05) is 0 Å².